The number of ether oxygens (including phenoxy) is 3. The Morgan fingerprint density at radius 2 is 1.82 bits per heavy atom. The molecule has 0 aliphatic carbocycles. The van der Waals surface area contributed by atoms with Crippen LogP contribution in [0.2, 0.25) is 0 Å². The Morgan fingerprint density at radius 1 is 1.12 bits per heavy atom. The van der Waals surface area contributed by atoms with Gasteiger partial charge in [0.05, 0.1) is 38.8 Å². The van der Waals surface area contributed by atoms with Gasteiger partial charge < -0.3 is 23.9 Å². The van der Waals surface area contributed by atoms with Crippen LogP contribution in [0.25, 0.3) is 11.0 Å². The number of anilines is 1. The van der Waals surface area contributed by atoms with Crippen LogP contribution in [0.15, 0.2) is 41.0 Å². The molecule has 34 heavy (non-hydrogen) atoms. The zero-order chi connectivity index (χ0) is 23.9. The van der Waals surface area contributed by atoms with Gasteiger partial charge in [0.2, 0.25) is 11.7 Å². The van der Waals surface area contributed by atoms with Gasteiger partial charge in [-0.25, -0.2) is 4.39 Å². The Balaban J connectivity index is 1.32. The molecule has 178 valence electrons. The van der Waals surface area contributed by atoms with Crippen LogP contribution >= 0.6 is 0 Å². The molecular formula is C25H25FN2O6. The van der Waals surface area contributed by atoms with E-state index in [-0.39, 0.29) is 30.5 Å². The zero-order valence-corrected chi connectivity index (χ0v) is 19.0. The molecule has 9 heteroatoms. The lowest BCUT2D eigenvalue weighted by Crippen LogP contribution is -2.52. The number of rotatable bonds is 5. The van der Waals surface area contributed by atoms with Crippen LogP contribution in [0, 0.1) is 5.82 Å². The third-order valence-corrected chi connectivity index (χ3v) is 6.53. The standard InChI is InChI=1S/C25H25FN2O6/c1-31-21-17-7-12-33-22(17)24(32-2)23-20(21)18(29)13-25(34-23)8-10-28(11-9-25)14-19(30)27-16-5-3-15(26)4-6-16/h3-7,12H,8-11,13-14H2,1-2H3,(H,27,30). The second-order valence-corrected chi connectivity index (χ2v) is 8.65. The summed E-state index contributed by atoms with van der Waals surface area (Å²) in [5.41, 5.74) is 0.702. The van der Waals surface area contributed by atoms with E-state index >= 15 is 0 Å². The van der Waals surface area contributed by atoms with Gasteiger partial charge in [0, 0.05) is 31.6 Å². The van der Waals surface area contributed by atoms with E-state index in [2.05, 4.69) is 5.32 Å². The molecule has 0 saturated carbocycles. The number of carbonyl (C=O) groups is 2. The van der Waals surface area contributed by atoms with Crippen LogP contribution in [0.1, 0.15) is 29.6 Å². The number of fused-ring (bicyclic) bond motifs is 2. The molecule has 8 nitrogen and oxygen atoms in total. The highest BCUT2D eigenvalue weighted by molar-refractivity contribution is 6.10. The molecular weight excluding hydrogens is 443 g/mol. The summed E-state index contributed by atoms with van der Waals surface area (Å²) in [5.74, 6) is 0.548. The van der Waals surface area contributed by atoms with Gasteiger partial charge in [-0.2, -0.15) is 0 Å². The third-order valence-electron chi connectivity index (χ3n) is 6.53. The molecule has 5 rings (SSSR count). The minimum atomic E-state index is -0.688. The smallest absolute Gasteiger partial charge is 0.238 e. The maximum atomic E-state index is 13.3. The molecule has 2 aliphatic rings. The number of piperidine rings is 1. The Morgan fingerprint density at radius 3 is 2.50 bits per heavy atom. The summed E-state index contributed by atoms with van der Waals surface area (Å²) in [7, 11) is 3.03. The van der Waals surface area contributed by atoms with Crippen LogP contribution < -0.4 is 19.5 Å². The van der Waals surface area contributed by atoms with E-state index in [1.54, 1.807) is 6.07 Å². The number of hydrogen-bond donors (Lipinski definition) is 1. The first-order valence-electron chi connectivity index (χ1n) is 11.1. The minimum absolute atomic E-state index is 0.0676. The summed E-state index contributed by atoms with van der Waals surface area (Å²) in [6.07, 6.45) is 2.89. The molecule has 3 aromatic rings. The number of nitrogens with one attached hydrogen (secondary N) is 1. The first-order valence-corrected chi connectivity index (χ1v) is 11.1. The van der Waals surface area contributed by atoms with E-state index in [9.17, 15) is 14.0 Å². The lowest BCUT2D eigenvalue weighted by atomic mass is 9.81. The van der Waals surface area contributed by atoms with E-state index in [4.69, 9.17) is 18.6 Å². The predicted molar refractivity (Wildman–Crippen MR) is 122 cm³/mol. The van der Waals surface area contributed by atoms with Gasteiger partial charge in [0.15, 0.2) is 17.1 Å². The summed E-state index contributed by atoms with van der Waals surface area (Å²) in [4.78, 5) is 27.8. The fraction of sp³-hybridized carbons (Fsp3) is 0.360. The summed E-state index contributed by atoms with van der Waals surface area (Å²) in [6, 6.07) is 7.39. The van der Waals surface area contributed by atoms with Crippen molar-refractivity contribution in [1.29, 1.82) is 0 Å². The Bertz CT molecular complexity index is 1240. The summed E-state index contributed by atoms with van der Waals surface area (Å²) < 4.78 is 36.3. The Labute approximate surface area is 195 Å². The van der Waals surface area contributed by atoms with E-state index in [1.165, 1.54) is 44.7 Å². The lowest BCUT2D eigenvalue weighted by Gasteiger charge is -2.44. The molecule has 1 N–H and O–H groups in total. The highest BCUT2D eigenvalue weighted by atomic mass is 19.1. The van der Waals surface area contributed by atoms with E-state index in [0.29, 0.717) is 65.4 Å². The van der Waals surface area contributed by atoms with Crippen molar-refractivity contribution in [3.63, 3.8) is 0 Å². The molecule has 1 amide bonds. The maximum absolute atomic E-state index is 13.3. The molecule has 1 spiro atoms. The van der Waals surface area contributed by atoms with Gasteiger partial charge in [-0.1, -0.05) is 0 Å². The summed E-state index contributed by atoms with van der Waals surface area (Å²) in [5, 5.41) is 3.44. The van der Waals surface area contributed by atoms with Crippen molar-refractivity contribution in [3.8, 4) is 17.2 Å². The number of furan rings is 1. The third kappa shape index (κ3) is 3.86. The van der Waals surface area contributed by atoms with Crippen molar-refractivity contribution in [2.45, 2.75) is 24.9 Å². The fourth-order valence-corrected chi connectivity index (χ4v) is 4.83. The van der Waals surface area contributed by atoms with Crippen molar-refractivity contribution in [1.82, 2.24) is 4.90 Å². The van der Waals surface area contributed by atoms with Crippen molar-refractivity contribution >= 4 is 28.3 Å². The molecule has 1 fully saturated rings. The molecule has 0 bridgehead atoms. The number of likely N-dealkylation sites (tertiary alicyclic amines) is 1. The SMILES string of the molecule is COc1c2c(c(OC)c3occc13)OC1(CCN(CC(=O)Nc3ccc(F)cc3)CC1)CC2=O. The predicted octanol–water partition coefficient (Wildman–Crippen LogP) is 4.03. The number of ketones is 1. The Kier molecular flexibility index (Phi) is 5.65. The molecule has 3 heterocycles. The minimum Gasteiger partial charge on any atom is -0.495 e. The molecule has 0 radical (unpaired) electrons. The van der Waals surface area contributed by atoms with Crippen molar-refractivity contribution in [3.05, 3.63) is 48.0 Å². The molecule has 0 unspecified atom stereocenters. The van der Waals surface area contributed by atoms with Gasteiger partial charge in [0.25, 0.3) is 0 Å². The number of nitrogens with zero attached hydrogens (tertiary/aromatic N) is 1. The van der Waals surface area contributed by atoms with Gasteiger partial charge in [-0.15, -0.1) is 0 Å². The molecule has 2 aromatic carbocycles. The highest BCUT2D eigenvalue weighted by Crippen LogP contribution is 2.52. The summed E-state index contributed by atoms with van der Waals surface area (Å²) >= 11 is 0. The van der Waals surface area contributed by atoms with Gasteiger partial charge in [-0.05, 0) is 30.3 Å². The maximum Gasteiger partial charge on any atom is 0.238 e. The number of amides is 1. The number of hydrogen-bond acceptors (Lipinski definition) is 7. The van der Waals surface area contributed by atoms with Gasteiger partial charge in [-0.3, -0.25) is 14.5 Å². The van der Waals surface area contributed by atoms with Crippen molar-refractivity contribution in [2.24, 2.45) is 0 Å². The fourth-order valence-electron chi connectivity index (χ4n) is 4.83. The van der Waals surface area contributed by atoms with Crippen LogP contribution in [0.3, 0.4) is 0 Å². The average molecular weight is 468 g/mol. The van der Waals surface area contributed by atoms with Crippen LogP contribution in [0.4, 0.5) is 10.1 Å². The molecule has 1 aromatic heterocycles. The van der Waals surface area contributed by atoms with Crippen LogP contribution in [-0.2, 0) is 4.79 Å². The van der Waals surface area contributed by atoms with E-state index in [0.717, 1.165) is 0 Å². The first-order chi connectivity index (χ1) is 16.4. The quantitative estimate of drug-likeness (QED) is 0.605. The second-order valence-electron chi connectivity index (χ2n) is 8.65. The Hall–Kier alpha value is -3.59. The molecule has 0 atom stereocenters. The number of methoxy groups -OCH3 is 2. The van der Waals surface area contributed by atoms with Gasteiger partial charge >= 0.3 is 0 Å². The number of benzene rings is 2. The van der Waals surface area contributed by atoms with E-state index < -0.39 is 5.60 Å². The highest BCUT2D eigenvalue weighted by Gasteiger charge is 2.46. The lowest BCUT2D eigenvalue weighted by molar-refractivity contribution is -0.118. The van der Waals surface area contributed by atoms with Crippen molar-refractivity contribution in [2.75, 3.05) is 39.2 Å². The van der Waals surface area contributed by atoms with Crippen molar-refractivity contribution < 1.29 is 32.6 Å². The summed E-state index contributed by atoms with van der Waals surface area (Å²) in [6.45, 7) is 1.37. The molecule has 2 aliphatic heterocycles. The first kappa shape index (κ1) is 22.2. The van der Waals surface area contributed by atoms with E-state index in [1.807, 2.05) is 4.90 Å². The van der Waals surface area contributed by atoms with Crippen LogP contribution in [0.5, 0.6) is 17.2 Å². The number of carbonyl (C=O) groups excluding carboxylic acids is 2. The average Bonchev–Trinajstić information content (AvgIpc) is 3.30. The monoisotopic (exact) mass is 468 g/mol. The second kappa shape index (κ2) is 8.64. The number of halogens is 1. The van der Waals surface area contributed by atoms with Gasteiger partial charge in [0.1, 0.15) is 22.7 Å². The topological polar surface area (TPSA) is 90.2 Å². The van der Waals surface area contributed by atoms with Crippen LogP contribution in [-0.4, -0.2) is 56.0 Å². The molecule has 1 saturated heterocycles. The normalized spacial score (nSPS) is 17.3. The number of Topliss-reactive ketones (excluding diaryl/α,β-unsaturated/α-hetero) is 1. The zero-order valence-electron chi connectivity index (χ0n) is 19.0. The largest absolute Gasteiger partial charge is 0.495 e.